The normalized spacial score (nSPS) is 21.2. The van der Waals surface area contributed by atoms with Crippen LogP contribution >= 0.6 is 0 Å². The number of nitrogens with one attached hydrogen (secondary N) is 3. The SMILES string of the molecule is N[C@@H]1CC(NC(=O)CC[C@H](N)C(=O)N[C@H](CCc2ccc(C(F)(F)F)cc2)C(=O)Nc2ccc3c(c2)B(O)OC3)C[C@H](N)C1. The smallest absolute Gasteiger partial charge is 0.423 e. The Morgan fingerprint density at radius 1 is 1.00 bits per heavy atom. The van der Waals surface area contributed by atoms with Crippen LogP contribution in [0, 0.1) is 0 Å². The van der Waals surface area contributed by atoms with Crippen LogP contribution in [0.3, 0.4) is 0 Å². The van der Waals surface area contributed by atoms with Gasteiger partial charge in [-0.1, -0.05) is 18.2 Å². The molecule has 238 valence electrons. The molecule has 0 aromatic heterocycles. The Morgan fingerprint density at radius 3 is 2.34 bits per heavy atom. The van der Waals surface area contributed by atoms with Gasteiger partial charge in [-0.05, 0) is 79.4 Å². The molecular weight excluding hydrogens is 580 g/mol. The molecule has 1 aliphatic carbocycles. The first-order valence-corrected chi connectivity index (χ1v) is 14.5. The highest BCUT2D eigenvalue weighted by Crippen LogP contribution is 2.29. The minimum atomic E-state index is -4.48. The molecule has 2 aromatic rings. The molecule has 4 rings (SSSR count). The van der Waals surface area contributed by atoms with Crippen molar-refractivity contribution in [3.63, 3.8) is 0 Å². The van der Waals surface area contributed by atoms with Gasteiger partial charge in [-0.2, -0.15) is 13.2 Å². The fourth-order valence-corrected chi connectivity index (χ4v) is 5.48. The third-order valence-electron chi connectivity index (χ3n) is 7.88. The van der Waals surface area contributed by atoms with E-state index >= 15 is 0 Å². The molecule has 11 nitrogen and oxygen atoms in total. The van der Waals surface area contributed by atoms with Crippen molar-refractivity contribution in [3.8, 4) is 0 Å². The van der Waals surface area contributed by atoms with Crippen LogP contribution in [0.1, 0.15) is 55.2 Å². The van der Waals surface area contributed by atoms with Crippen molar-refractivity contribution in [1.82, 2.24) is 10.6 Å². The Morgan fingerprint density at radius 2 is 1.68 bits per heavy atom. The summed E-state index contributed by atoms with van der Waals surface area (Å²) >= 11 is 0. The van der Waals surface area contributed by atoms with Crippen molar-refractivity contribution >= 4 is 36.0 Å². The number of halogens is 3. The van der Waals surface area contributed by atoms with Crippen LogP contribution in [0.15, 0.2) is 42.5 Å². The predicted octanol–water partition coefficient (Wildman–Crippen LogP) is 0.410. The average molecular weight is 618 g/mol. The van der Waals surface area contributed by atoms with Crippen LogP contribution in [0.5, 0.6) is 0 Å². The van der Waals surface area contributed by atoms with E-state index in [1.807, 2.05) is 0 Å². The number of fused-ring (bicyclic) bond motifs is 1. The second-order valence-corrected chi connectivity index (χ2v) is 11.5. The van der Waals surface area contributed by atoms with Gasteiger partial charge in [0.25, 0.3) is 0 Å². The van der Waals surface area contributed by atoms with E-state index in [0.29, 0.717) is 36.0 Å². The Labute approximate surface area is 253 Å². The largest absolute Gasteiger partial charge is 0.491 e. The Bertz CT molecular complexity index is 1320. The van der Waals surface area contributed by atoms with E-state index in [1.54, 1.807) is 18.2 Å². The van der Waals surface area contributed by atoms with Gasteiger partial charge in [-0.3, -0.25) is 14.4 Å². The molecule has 1 fully saturated rings. The van der Waals surface area contributed by atoms with E-state index in [9.17, 15) is 32.6 Å². The van der Waals surface area contributed by atoms with Gasteiger partial charge in [0.15, 0.2) is 0 Å². The third kappa shape index (κ3) is 9.25. The first kappa shape index (κ1) is 33.4. The van der Waals surface area contributed by atoms with Crippen LogP contribution in [-0.4, -0.2) is 60.1 Å². The lowest BCUT2D eigenvalue weighted by Gasteiger charge is -2.31. The monoisotopic (exact) mass is 618 g/mol. The fraction of sp³-hybridized carbons (Fsp3) is 0.483. The predicted molar refractivity (Wildman–Crippen MR) is 158 cm³/mol. The van der Waals surface area contributed by atoms with Gasteiger partial charge >= 0.3 is 13.3 Å². The van der Waals surface area contributed by atoms with E-state index in [2.05, 4.69) is 16.0 Å². The zero-order valence-electron chi connectivity index (χ0n) is 24.1. The number of carbonyl (C=O) groups is 3. The van der Waals surface area contributed by atoms with Crippen molar-refractivity contribution in [3.05, 3.63) is 59.2 Å². The standard InChI is InChI=1S/C29H38BF3N6O5/c31-29(32,33)18-5-1-16(2-6-18)3-9-25(28(42)38-21-7-4-17-15-44-30(43)23(17)14-21)39-27(41)24(36)8-10-26(40)37-22-12-19(34)11-20(35)13-22/h1-2,4-7,14,19-20,22,24-25,43H,3,8-13,15,34-36H2,(H,37,40)(H,38,42)(H,39,41)/t19-,20+,22?,24-,25+/m0/s1. The minimum absolute atomic E-state index is 0.0123. The summed E-state index contributed by atoms with van der Waals surface area (Å²) in [5, 5.41) is 18.2. The van der Waals surface area contributed by atoms with Crippen LogP contribution < -0.4 is 38.6 Å². The van der Waals surface area contributed by atoms with Crippen LogP contribution in [0.2, 0.25) is 0 Å². The second-order valence-electron chi connectivity index (χ2n) is 11.5. The van der Waals surface area contributed by atoms with Gasteiger partial charge < -0.3 is 42.8 Å². The number of amides is 3. The highest BCUT2D eigenvalue weighted by atomic mass is 19.4. The summed E-state index contributed by atoms with van der Waals surface area (Å²) in [7, 11) is -1.13. The van der Waals surface area contributed by atoms with E-state index in [0.717, 1.165) is 17.7 Å². The van der Waals surface area contributed by atoms with E-state index < -0.39 is 42.8 Å². The van der Waals surface area contributed by atoms with Crippen LogP contribution in [0.25, 0.3) is 0 Å². The molecule has 44 heavy (non-hydrogen) atoms. The molecule has 1 aliphatic heterocycles. The van der Waals surface area contributed by atoms with E-state index in [4.69, 9.17) is 21.9 Å². The van der Waals surface area contributed by atoms with Gasteiger partial charge in [0.2, 0.25) is 17.7 Å². The first-order valence-electron chi connectivity index (χ1n) is 14.5. The molecule has 0 saturated heterocycles. The Hall–Kier alpha value is -3.50. The number of carbonyl (C=O) groups excluding carboxylic acids is 3. The van der Waals surface area contributed by atoms with Gasteiger partial charge in [0, 0.05) is 30.2 Å². The number of benzene rings is 2. The van der Waals surface area contributed by atoms with Gasteiger partial charge in [0.05, 0.1) is 18.2 Å². The molecule has 0 radical (unpaired) electrons. The van der Waals surface area contributed by atoms with Crippen molar-refractivity contribution in [1.29, 1.82) is 0 Å². The second kappa shape index (κ2) is 14.5. The quantitative estimate of drug-likeness (QED) is 0.176. The maximum atomic E-state index is 13.3. The molecule has 10 N–H and O–H groups in total. The molecule has 1 unspecified atom stereocenters. The zero-order valence-corrected chi connectivity index (χ0v) is 24.1. The van der Waals surface area contributed by atoms with Gasteiger partial charge in [0.1, 0.15) is 6.04 Å². The summed E-state index contributed by atoms with van der Waals surface area (Å²) in [5.41, 5.74) is 19.4. The molecule has 2 aliphatic rings. The third-order valence-corrected chi connectivity index (χ3v) is 7.88. The van der Waals surface area contributed by atoms with E-state index in [-0.39, 0.29) is 56.3 Å². The first-order chi connectivity index (χ1) is 20.8. The lowest BCUT2D eigenvalue weighted by Crippen LogP contribution is -2.51. The molecule has 15 heteroatoms. The minimum Gasteiger partial charge on any atom is -0.423 e. The number of hydrogen-bond acceptors (Lipinski definition) is 8. The maximum Gasteiger partial charge on any atom is 0.491 e. The summed E-state index contributed by atoms with van der Waals surface area (Å²) in [4.78, 5) is 38.8. The van der Waals surface area contributed by atoms with Crippen LogP contribution in [0.4, 0.5) is 18.9 Å². The molecule has 5 atom stereocenters. The lowest BCUT2D eigenvalue weighted by molar-refractivity contribution is -0.137. The number of alkyl halides is 3. The van der Waals surface area contributed by atoms with E-state index in [1.165, 1.54) is 12.1 Å². The summed E-state index contributed by atoms with van der Waals surface area (Å²) in [6.45, 7) is 0.230. The molecular formula is C29H38BF3N6O5. The summed E-state index contributed by atoms with van der Waals surface area (Å²) in [6, 6.07) is 6.87. The topological polar surface area (TPSA) is 195 Å². The molecule has 3 amide bonds. The van der Waals surface area contributed by atoms with Crippen LogP contribution in [-0.2, 0) is 38.2 Å². The Kier molecular flexibility index (Phi) is 11.0. The summed E-state index contributed by atoms with van der Waals surface area (Å²) in [6.07, 6.45) is -2.36. The average Bonchev–Trinajstić information content (AvgIpc) is 3.32. The molecule has 1 heterocycles. The van der Waals surface area contributed by atoms with Crippen molar-refractivity contribution in [2.45, 2.75) is 87.9 Å². The van der Waals surface area contributed by atoms with Gasteiger partial charge in [-0.15, -0.1) is 0 Å². The fourth-order valence-electron chi connectivity index (χ4n) is 5.48. The maximum absolute atomic E-state index is 13.3. The molecule has 2 aromatic carbocycles. The Balaban J connectivity index is 1.37. The highest BCUT2D eigenvalue weighted by Gasteiger charge is 2.31. The molecule has 0 bridgehead atoms. The number of aryl methyl sites for hydroxylation is 1. The van der Waals surface area contributed by atoms with Crippen molar-refractivity contribution in [2.75, 3.05) is 5.32 Å². The lowest BCUT2D eigenvalue weighted by atomic mass is 9.79. The highest BCUT2D eigenvalue weighted by molar-refractivity contribution is 6.61. The number of rotatable bonds is 11. The summed E-state index contributed by atoms with van der Waals surface area (Å²) < 4.78 is 44.1. The molecule has 1 saturated carbocycles. The number of anilines is 1. The number of nitrogens with two attached hydrogens (primary N) is 3. The zero-order chi connectivity index (χ0) is 32.0. The summed E-state index contributed by atoms with van der Waals surface area (Å²) in [5.74, 6) is -1.54. The van der Waals surface area contributed by atoms with Crippen molar-refractivity contribution in [2.24, 2.45) is 17.2 Å². The number of hydrogen-bond donors (Lipinski definition) is 7. The molecule has 0 spiro atoms. The van der Waals surface area contributed by atoms with Gasteiger partial charge in [-0.25, -0.2) is 0 Å². The van der Waals surface area contributed by atoms with Crippen molar-refractivity contribution < 1.29 is 37.2 Å².